The van der Waals surface area contributed by atoms with Crippen molar-refractivity contribution in [1.82, 2.24) is 0 Å². The Labute approximate surface area is 122 Å². The van der Waals surface area contributed by atoms with Gasteiger partial charge in [-0.05, 0) is 46.9 Å². The van der Waals surface area contributed by atoms with Crippen LogP contribution in [0.25, 0.3) is 0 Å². The van der Waals surface area contributed by atoms with E-state index in [0.29, 0.717) is 5.75 Å². The molecule has 2 aromatic carbocycles. The lowest BCUT2D eigenvalue weighted by molar-refractivity contribution is 0.0694. The van der Waals surface area contributed by atoms with Crippen LogP contribution in [0.2, 0.25) is 5.02 Å². The molecule has 2 rings (SSSR count). The zero-order valence-electron chi connectivity index (χ0n) is 9.06. The Morgan fingerprint density at radius 1 is 1.11 bits per heavy atom. The molecule has 0 aromatic heterocycles. The third-order valence-electron chi connectivity index (χ3n) is 2.25. The summed E-state index contributed by atoms with van der Waals surface area (Å²) >= 11 is 7.99. The molecule has 0 saturated heterocycles. The molecule has 0 bridgehead atoms. The van der Waals surface area contributed by atoms with E-state index in [1.165, 1.54) is 6.07 Å². The van der Waals surface area contributed by atoms with Gasteiger partial charge in [-0.1, -0.05) is 29.8 Å². The van der Waals surface area contributed by atoms with Gasteiger partial charge in [-0.2, -0.15) is 0 Å². The molecule has 0 fully saturated rings. The number of carboxylic acid groups (broad SMARTS) is 1. The average molecular weight is 375 g/mol. The lowest BCUT2D eigenvalue weighted by Crippen LogP contribution is -2.01. The number of halogens is 2. The van der Waals surface area contributed by atoms with Gasteiger partial charge in [0.05, 0.1) is 8.59 Å². The molecule has 0 saturated carbocycles. The van der Waals surface area contributed by atoms with Crippen LogP contribution in [-0.2, 0) is 0 Å². The molecule has 5 heteroatoms. The van der Waals surface area contributed by atoms with Crippen LogP contribution in [0.5, 0.6) is 11.5 Å². The quantitative estimate of drug-likeness (QED) is 0.808. The summed E-state index contributed by atoms with van der Waals surface area (Å²) in [5.41, 5.74) is -0.0289. The normalized spacial score (nSPS) is 10.1. The molecule has 92 valence electrons. The van der Waals surface area contributed by atoms with E-state index in [9.17, 15) is 4.79 Å². The van der Waals surface area contributed by atoms with Crippen molar-refractivity contribution < 1.29 is 14.6 Å². The Hall–Kier alpha value is -1.27. The summed E-state index contributed by atoms with van der Waals surface area (Å²) in [6.45, 7) is 0. The number of ether oxygens (including phenoxy) is 1. The van der Waals surface area contributed by atoms with Gasteiger partial charge in [0.15, 0.2) is 0 Å². The van der Waals surface area contributed by atoms with Crippen molar-refractivity contribution in [2.24, 2.45) is 0 Å². The fraction of sp³-hybridized carbons (Fsp3) is 0. The van der Waals surface area contributed by atoms with Crippen LogP contribution in [0, 0.1) is 3.57 Å². The predicted molar refractivity (Wildman–Crippen MR) is 77.6 cm³/mol. The summed E-state index contributed by atoms with van der Waals surface area (Å²) < 4.78 is 6.50. The molecule has 0 heterocycles. The zero-order chi connectivity index (χ0) is 13.1. The van der Waals surface area contributed by atoms with Crippen molar-refractivity contribution in [3.8, 4) is 11.5 Å². The predicted octanol–water partition coefficient (Wildman–Crippen LogP) is 4.44. The van der Waals surface area contributed by atoms with Crippen molar-refractivity contribution in [2.45, 2.75) is 0 Å². The third kappa shape index (κ3) is 2.76. The first-order valence-corrected chi connectivity index (χ1v) is 6.49. The molecular weight excluding hydrogens is 366 g/mol. The molecule has 0 aliphatic heterocycles. The van der Waals surface area contributed by atoms with Crippen LogP contribution in [0.15, 0.2) is 42.5 Å². The first-order chi connectivity index (χ1) is 8.59. The number of hydrogen-bond acceptors (Lipinski definition) is 2. The molecule has 0 spiro atoms. The number of rotatable bonds is 3. The molecule has 3 nitrogen and oxygen atoms in total. The van der Waals surface area contributed by atoms with E-state index < -0.39 is 5.97 Å². The third-order valence-corrected chi connectivity index (χ3v) is 3.45. The molecule has 0 aliphatic carbocycles. The first kappa shape index (κ1) is 13.2. The van der Waals surface area contributed by atoms with Gasteiger partial charge in [-0.15, -0.1) is 0 Å². The number of para-hydroxylation sites is 1. The summed E-state index contributed by atoms with van der Waals surface area (Å²) in [6.07, 6.45) is 0. The molecule has 0 unspecified atom stereocenters. The van der Waals surface area contributed by atoms with Crippen molar-refractivity contribution >= 4 is 40.2 Å². The van der Waals surface area contributed by atoms with Crippen molar-refractivity contribution in [3.63, 3.8) is 0 Å². The average Bonchev–Trinajstić information content (AvgIpc) is 2.31. The van der Waals surface area contributed by atoms with Crippen LogP contribution in [-0.4, -0.2) is 11.1 Å². The van der Waals surface area contributed by atoms with Crippen LogP contribution >= 0.6 is 34.2 Å². The number of benzene rings is 2. The van der Waals surface area contributed by atoms with Gasteiger partial charge in [-0.25, -0.2) is 4.79 Å². The van der Waals surface area contributed by atoms with Gasteiger partial charge in [0.2, 0.25) is 0 Å². The number of carboxylic acids is 1. The van der Waals surface area contributed by atoms with Gasteiger partial charge >= 0.3 is 5.97 Å². The van der Waals surface area contributed by atoms with E-state index in [4.69, 9.17) is 21.4 Å². The fourth-order valence-corrected chi connectivity index (χ4v) is 2.19. The summed E-state index contributed by atoms with van der Waals surface area (Å²) in [5, 5.41) is 9.29. The van der Waals surface area contributed by atoms with Gasteiger partial charge in [-0.3, -0.25) is 0 Å². The highest BCUT2D eigenvalue weighted by Gasteiger charge is 2.16. The second-order valence-corrected chi connectivity index (χ2v) is 5.02. The molecule has 0 amide bonds. The Balaban J connectivity index is 2.44. The number of aromatic carboxylic acids is 1. The van der Waals surface area contributed by atoms with E-state index in [1.807, 2.05) is 18.2 Å². The number of carbonyl (C=O) groups is 1. The van der Waals surface area contributed by atoms with Gasteiger partial charge in [0.25, 0.3) is 0 Å². The van der Waals surface area contributed by atoms with Gasteiger partial charge in [0, 0.05) is 0 Å². The van der Waals surface area contributed by atoms with Crippen molar-refractivity contribution in [2.75, 3.05) is 0 Å². The Bertz CT molecular complexity index is 599. The maximum absolute atomic E-state index is 11.2. The molecule has 18 heavy (non-hydrogen) atoms. The van der Waals surface area contributed by atoms with Gasteiger partial charge in [0.1, 0.15) is 17.1 Å². The summed E-state index contributed by atoms with van der Waals surface area (Å²) in [7, 11) is 0. The second-order valence-electron chi connectivity index (χ2n) is 3.45. The minimum Gasteiger partial charge on any atom is -0.478 e. The maximum Gasteiger partial charge on any atom is 0.341 e. The van der Waals surface area contributed by atoms with E-state index in [1.54, 1.807) is 18.2 Å². The molecule has 0 aliphatic rings. The van der Waals surface area contributed by atoms with Crippen LogP contribution in [0.1, 0.15) is 10.4 Å². The Kier molecular flexibility index (Phi) is 4.08. The summed E-state index contributed by atoms with van der Waals surface area (Å²) in [5.74, 6) is -0.275. The molecule has 0 atom stereocenters. The SMILES string of the molecule is O=C(O)c1c(Cl)cccc1Oc1ccccc1I. The Morgan fingerprint density at radius 2 is 1.78 bits per heavy atom. The Morgan fingerprint density at radius 3 is 2.44 bits per heavy atom. The monoisotopic (exact) mass is 374 g/mol. The first-order valence-electron chi connectivity index (χ1n) is 5.04. The second kappa shape index (κ2) is 5.58. The summed E-state index contributed by atoms with van der Waals surface area (Å²) in [4.78, 5) is 11.2. The van der Waals surface area contributed by atoms with Crippen LogP contribution in [0.3, 0.4) is 0 Å². The lowest BCUT2D eigenvalue weighted by atomic mass is 10.2. The van der Waals surface area contributed by atoms with E-state index in [-0.39, 0.29) is 16.3 Å². The standard InChI is InChI=1S/C13H8ClIO3/c14-8-4-3-7-11(12(8)13(16)17)18-10-6-2-1-5-9(10)15/h1-7H,(H,16,17). The molecule has 2 aromatic rings. The minimum absolute atomic E-state index is 0.0289. The topological polar surface area (TPSA) is 46.5 Å². The highest BCUT2D eigenvalue weighted by molar-refractivity contribution is 14.1. The summed E-state index contributed by atoms with van der Waals surface area (Å²) in [6, 6.07) is 12.1. The van der Waals surface area contributed by atoms with Gasteiger partial charge < -0.3 is 9.84 Å². The van der Waals surface area contributed by atoms with Crippen molar-refractivity contribution in [1.29, 1.82) is 0 Å². The number of hydrogen-bond donors (Lipinski definition) is 1. The highest BCUT2D eigenvalue weighted by Crippen LogP contribution is 2.32. The highest BCUT2D eigenvalue weighted by atomic mass is 127. The van der Waals surface area contributed by atoms with Crippen LogP contribution in [0.4, 0.5) is 0 Å². The molecular formula is C13H8ClIO3. The van der Waals surface area contributed by atoms with Crippen LogP contribution < -0.4 is 4.74 Å². The van der Waals surface area contributed by atoms with E-state index in [2.05, 4.69) is 22.6 Å². The molecule has 0 radical (unpaired) electrons. The maximum atomic E-state index is 11.2. The van der Waals surface area contributed by atoms with E-state index in [0.717, 1.165) is 3.57 Å². The largest absolute Gasteiger partial charge is 0.478 e. The lowest BCUT2D eigenvalue weighted by Gasteiger charge is -2.10. The zero-order valence-corrected chi connectivity index (χ0v) is 12.0. The van der Waals surface area contributed by atoms with E-state index >= 15 is 0 Å². The smallest absolute Gasteiger partial charge is 0.341 e. The van der Waals surface area contributed by atoms with Crippen molar-refractivity contribution in [3.05, 3.63) is 56.6 Å². The molecule has 1 N–H and O–H groups in total. The fourth-order valence-electron chi connectivity index (χ4n) is 1.44. The minimum atomic E-state index is -1.11.